The third-order valence-corrected chi connectivity index (χ3v) is 2.94. The molecule has 1 amide bonds. The molecule has 0 aliphatic carbocycles. The number of hydrogen-bond acceptors (Lipinski definition) is 4. The highest BCUT2D eigenvalue weighted by molar-refractivity contribution is 5.79. The van der Waals surface area contributed by atoms with Crippen LogP contribution in [0.4, 0.5) is 0 Å². The van der Waals surface area contributed by atoms with Crippen molar-refractivity contribution in [3.05, 3.63) is 29.8 Å². The van der Waals surface area contributed by atoms with Gasteiger partial charge < -0.3 is 5.32 Å². The number of tetrazole rings is 1. The summed E-state index contributed by atoms with van der Waals surface area (Å²) in [5.74, 6) is 0.929. The molecule has 0 saturated carbocycles. The van der Waals surface area contributed by atoms with E-state index in [-0.39, 0.29) is 11.8 Å². The van der Waals surface area contributed by atoms with E-state index in [0.717, 1.165) is 11.1 Å². The fourth-order valence-corrected chi connectivity index (χ4v) is 2.06. The molecule has 86 valence electrons. The number of aromatic nitrogens is 4. The van der Waals surface area contributed by atoms with Gasteiger partial charge >= 0.3 is 0 Å². The Labute approximate surface area is 97.4 Å². The molecule has 2 N–H and O–H groups in total. The van der Waals surface area contributed by atoms with Crippen LogP contribution in [0.3, 0.4) is 0 Å². The lowest BCUT2D eigenvalue weighted by Crippen LogP contribution is -2.13. The van der Waals surface area contributed by atoms with Gasteiger partial charge in [-0.1, -0.05) is 18.2 Å². The molecule has 1 fully saturated rings. The van der Waals surface area contributed by atoms with Crippen LogP contribution in [0.1, 0.15) is 17.9 Å². The summed E-state index contributed by atoms with van der Waals surface area (Å²) >= 11 is 0. The lowest BCUT2D eigenvalue weighted by atomic mass is 9.96. The Hall–Kier alpha value is -2.24. The van der Waals surface area contributed by atoms with Gasteiger partial charge in [0, 0.05) is 24.4 Å². The van der Waals surface area contributed by atoms with Crippen LogP contribution in [0.15, 0.2) is 24.3 Å². The topological polar surface area (TPSA) is 83.6 Å². The maximum absolute atomic E-state index is 11.2. The van der Waals surface area contributed by atoms with Gasteiger partial charge in [-0.05, 0) is 16.8 Å². The zero-order chi connectivity index (χ0) is 11.7. The highest BCUT2D eigenvalue weighted by Gasteiger charge is 2.23. The van der Waals surface area contributed by atoms with Gasteiger partial charge in [-0.3, -0.25) is 4.79 Å². The molecule has 17 heavy (non-hydrogen) atoms. The summed E-state index contributed by atoms with van der Waals surface area (Å²) in [6.45, 7) is 0.703. The average molecular weight is 229 g/mol. The normalized spacial score (nSPS) is 19.3. The Balaban J connectivity index is 1.92. The Morgan fingerprint density at radius 2 is 2.29 bits per heavy atom. The van der Waals surface area contributed by atoms with E-state index in [9.17, 15) is 4.79 Å². The summed E-state index contributed by atoms with van der Waals surface area (Å²) in [5, 5.41) is 16.7. The van der Waals surface area contributed by atoms with Gasteiger partial charge in [0.25, 0.3) is 0 Å². The number of benzene rings is 1. The van der Waals surface area contributed by atoms with Crippen LogP contribution in [-0.2, 0) is 4.79 Å². The zero-order valence-corrected chi connectivity index (χ0v) is 9.05. The van der Waals surface area contributed by atoms with E-state index >= 15 is 0 Å². The van der Waals surface area contributed by atoms with Crippen LogP contribution in [-0.4, -0.2) is 33.1 Å². The molecule has 0 bridgehead atoms. The average Bonchev–Trinajstić information content (AvgIpc) is 3.00. The SMILES string of the molecule is O=C1CC(c2cccc(-c3nn[nH]n3)c2)CN1. The van der Waals surface area contributed by atoms with Gasteiger partial charge in [0.15, 0.2) is 0 Å². The molecule has 2 aromatic rings. The maximum Gasteiger partial charge on any atom is 0.220 e. The highest BCUT2D eigenvalue weighted by atomic mass is 16.1. The second-order valence-corrected chi connectivity index (χ2v) is 4.07. The molecule has 6 heteroatoms. The van der Waals surface area contributed by atoms with Gasteiger partial charge in [-0.15, -0.1) is 10.2 Å². The van der Waals surface area contributed by atoms with Crippen molar-refractivity contribution in [1.29, 1.82) is 0 Å². The first-order valence-electron chi connectivity index (χ1n) is 5.43. The minimum atomic E-state index is 0.111. The number of H-pyrrole nitrogens is 1. The highest BCUT2D eigenvalue weighted by Crippen LogP contribution is 2.25. The quantitative estimate of drug-likeness (QED) is 0.784. The lowest BCUT2D eigenvalue weighted by molar-refractivity contribution is -0.119. The number of carbonyl (C=O) groups excluding carboxylic acids is 1. The third-order valence-electron chi connectivity index (χ3n) is 2.94. The van der Waals surface area contributed by atoms with Gasteiger partial charge in [0.05, 0.1) is 0 Å². The number of hydrogen-bond donors (Lipinski definition) is 2. The van der Waals surface area contributed by atoms with E-state index in [1.165, 1.54) is 0 Å². The minimum Gasteiger partial charge on any atom is -0.355 e. The van der Waals surface area contributed by atoms with Gasteiger partial charge in [-0.25, -0.2) is 0 Å². The van der Waals surface area contributed by atoms with Crippen molar-refractivity contribution in [2.45, 2.75) is 12.3 Å². The maximum atomic E-state index is 11.2. The van der Waals surface area contributed by atoms with E-state index < -0.39 is 0 Å². The Morgan fingerprint density at radius 1 is 1.35 bits per heavy atom. The molecule has 1 saturated heterocycles. The molecule has 0 radical (unpaired) electrons. The largest absolute Gasteiger partial charge is 0.355 e. The van der Waals surface area contributed by atoms with E-state index in [4.69, 9.17) is 0 Å². The summed E-state index contributed by atoms with van der Waals surface area (Å²) < 4.78 is 0. The molecule has 2 heterocycles. The van der Waals surface area contributed by atoms with Crippen molar-refractivity contribution in [2.75, 3.05) is 6.54 Å². The fraction of sp³-hybridized carbons (Fsp3) is 0.273. The van der Waals surface area contributed by atoms with E-state index in [1.807, 2.05) is 24.3 Å². The fourth-order valence-electron chi connectivity index (χ4n) is 2.06. The van der Waals surface area contributed by atoms with Crippen LogP contribution in [0.2, 0.25) is 0 Å². The predicted octanol–water partition coefficient (Wildman–Crippen LogP) is 0.470. The molecule has 1 aromatic carbocycles. The van der Waals surface area contributed by atoms with Crippen molar-refractivity contribution in [3.8, 4) is 11.4 Å². The monoisotopic (exact) mass is 229 g/mol. The number of nitrogens with one attached hydrogen (secondary N) is 2. The number of carbonyl (C=O) groups is 1. The summed E-state index contributed by atoms with van der Waals surface area (Å²) in [7, 11) is 0. The lowest BCUT2D eigenvalue weighted by Gasteiger charge is -2.08. The minimum absolute atomic E-state index is 0.111. The Morgan fingerprint density at radius 3 is 3.00 bits per heavy atom. The summed E-state index contributed by atoms with van der Waals surface area (Å²) in [6, 6.07) is 7.91. The second-order valence-electron chi connectivity index (χ2n) is 4.07. The number of aromatic amines is 1. The molecule has 1 atom stereocenters. The van der Waals surface area contributed by atoms with Crippen molar-refractivity contribution in [1.82, 2.24) is 25.9 Å². The zero-order valence-electron chi connectivity index (χ0n) is 9.05. The molecule has 1 aliphatic rings. The first-order valence-corrected chi connectivity index (χ1v) is 5.43. The van der Waals surface area contributed by atoms with E-state index in [1.54, 1.807) is 0 Å². The summed E-state index contributed by atoms with van der Waals surface area (Å²) in [5.41, 5.74) is 2.04. The van der Waals surface area contributed by atoms with Gasteiger partial charge in [-0.2, -0.15) is 5.21 Å². The second kappa shape index (κ2) is 3.97. The third kappa shape index (κ3) is 1.89. The van der Waals surface area contributed by atoms with Crippen LogP contribution in [0.25, 0.3) is 11.4 Å². The molecule has 1 aromatic heterocycles. The van der Waals surface area contributed by atoms with Crippen LogP contribution < -0.4 is 5.32 Å². The van der Waals surface area contributed by atoms with Crippen molar-refractivity contribution < 1.29 is 4.79 Å². The molecule has 3 rings (SSSR count). The van der Waals surface area contributed by atoms with Gasteiger partial charge in [0.2, 0.25) is 11.7 Å². The van der Waals surface area contributed by atoms with Crippen molar-refractivity contribution in [2.24, 2.45) is 0 Å². The predicted molar refractivity (Wildman–Crippen MR) is 60.0 cm³/mol. The van der Waals surface area contributed by atoms with Crippen molar-refractivity contribution >= 4 is 5.91 Å². The van der Waals surface area contributed by atoms with Crippen LogP contribution >= 0.6 is 0 Å². The van der Waals surface area contributed by atoms with Crippen LogP contribution in [0, 0.1) is 0 Å². The van der Waals surface area contributed by atoms with Gasteiger partial charge in [0.1, 0.15) is 0 Å². The summed E-state index contributed by atoms with van der Waals surface area (Å²) in [6.07, 6.45) is 0.551. The van der Waals surface area contributed by atoms with Crippen molar-refractivity contribution in [3.63, 3.8) is 0 Å². The Kier molecular flexibility index (Phi) is 2.32. The van der Waals surface area contributed by atoms with E-state index in [2.05, 4.69) is 25.9 Å². The smallest absolute Gasteiger partial charge is 0.220 e. The van der Waals surface area contributed by atoms with Crippen LogP contribution in [0.5, 0.6) is 0 Å². The first kappa shape index (κ1) is 9.95. The first-order chi connectivity index (χ1) is 8.33. The molecule has 0 spiro atoms. The Bertz CT molecular complexity index is 537. The molecule has 1 aliphatic heterocycles. The standard InChI is InChI=1S/C11H11N5O/c17-10-5-9(6-12-10)7-2-1-3-8(4-7)11-13-15-16-14-11/h1-4,9H,5-6H2,(H,12,17)(H,13,14,15,16). The summed E-state index contributed by atoms with van der Waals surface area (Å²) in [4.78, 5) is 11.2. The molecular formula is C11H11N5O. The number of rotatable bonds is 2. The molecule has 6 nitrogen and oxygen atoms in total. The molecule has 1 unspecified atom stereocenters. The van der Waals surface area contributed by atoms with E-state index in [0.29, 0.717) is 18.8 Å². The molecular weight excluding hydrogens is 218 g/mol. The number of amides is 1. The number of nitrogens with zero attached hydrogens (tertiary/aromatic N) is 3.